The van der Waals surface area contributed by atoms with E-state index in [4.69, 9.17) is 4.74 Å². The first-order valence-electron chi connectivity index (χ1n) is 9.28. The number of esters is 1. The van der Waals surface area contributed by atoms with Crippen molar-refractivity contribution in [2.45, 2.75) is 26.7 Å². The third-order valence-corrected chi connectivity index (χ3v) is 4.96. The molecular weight excluding hydrogens is 378 g/mol. The first-order valence-corrected chi connectivity index (χ1v) is 9.28. The molecule has 1 saturated heterocycles. The summed E-state index contributed by atoms with van der Waals surface area (Å²) in [7, 11) is 1.76. The fourth-order valence-corrected chi connectivity index (χ4v) is 3.37. The van der Waals surface area contributed by atoms with E-state index in [1.165, 1.54) is 12.1 Å². The number of carbonyl (C=O) groups is 2. The van der Waals surface area contributed by atoms with Gasteiger partial charge in [0.15, 0.2) is 6.61 Å². The van der Waals surface area contributed by atoms with Crippen LogP contribution < -0.4 is 10.2 Å². The molecule has 0 spiro atoms. The van der Waals surface area contributed by atoms with Gasteiger partial charge in [0, 0.05) is 26.2 Å². The van der Waals surface area contributed by atoms with Gasteiger partial charge < -0.3 is 15.0 Å². The SMILES string of the molecule is Cc1nn(C)c(C)c1NC(=O)COC(=O)c1ccc(N2CCCC2)c([N+](=O)[O-])c1. The summed E-state index contributed by atoms with van der Waals surface area (Å²) < 4.78 is 6.67. The van der Waals surface area contributed by atoms with E-state index in [9.17, 15) is 19.7 Å². The van der Waals surface area contributed by atoms with Gasteiger partial charge in [0.1, 0.15) is 5.69 Å². The van der Waals surface area contributed by atoms with Crippen LogP contribution in [0.3, 0.4) is 0 Å². The zero-order valence-electron chi connectivity index (χ0n) is 16.6. The van der Waals surface area contributed by atoms with Gasteiger partial charge in [-0.15, -0.1) is 0 Å². The van der Waals surface area contributed by atoms with Crippen molar-refractivity contribution in [1.29, 1.82) is 0 Å². The Balaban J connectivity index is 1.66. The van der Waals surface area contributed by atoms with E-state index in [2.05, 4.69) is 10.4 Å². The summed E-state index contributed by atoms with van der Waals surface area (Å²) in [6, 6.07) is 4.24. The van der Waals surface area contributed by atoms with Crippen LogP contribution >= 0.6 is 0 Å². The van der Waals surface area contributed by atoms with Gasteiger partial charge in [0.25, 0.3) is 11.6 Å². The highest BCUT2D eigenvalue weighted by atomic mass is 16.6. The highest BCUT2D eigenvalue weighted by Gasteiger charge is 2.24. The minimum atomic E-state index is -0.796. The molecule has 2 aromatic rings. The number of hydrogen-bond acceptors (Lipinski definition) is 7. The molecule has 3 rings (SSSR count). The van der Waals surface area contributed by atoms with Gasteiger partial charge in [0.05, 0.1) is 27.6 Å². The lowest BCUT2D eigenvalue weighted by molar-refractivity contribution is -0.384. The number of aromatic nitrogens is 2. The number of amides is 1. The zero-order chi connectivity index (χ0) is 21.1. The van der Waals surface area contributed by atoms with Gasteiger partial charge in [-0.25, -0.2) is 4.79 Å². The molecule has 1 fully saturated rings. The number of aryl methyl sites for hydroxylation is 2. The Kier molecular flexibility index (Phi) is 5.81. The maximum atomic E-state index is 12.3. The van der Waals surface area contributed by atoms with Crippen LogP contribution in [-0.4, -0.2) is 46.3 Å². The largest absolute Gasteiger partial charge is 0.452 e. The van der Waals surface area contributed by atoms with Gasteiger partial charge in [-0.1, -0.05) is 0 Å². The molecule has 0 unspecified atom stereocenters. The fourth-order valence-electron chi connectivity index (χ4n) is 3.37. The van der Waals surface area contributed by atoms with Crippen LogP contribution in [0.25, 0.3) is 0 Å². The molecule has 1 aromatic carbocycles. The quantitative estimate of drug-likeness (QED) is 0.448. The Hall–Kier alpha value is -3.43. The van der Waals surface area contributed by atoms with Gasteiger partial charge in [-0.2, -0.15) is 5.10 Å². The maximum absolute atomic E-state index is 12.3. The predicted molar refractivity (Wildman–Crippen MR) is 106 cm³/mol. The first kappa shape index (κ1) is 20.3. The Morgan fingerprint density at radius 1 is 1.28 bits per heavy atom. The number of rotatable bonds is 6. The predicted octanol–water partition coefficient (Wildman–Crippen LogP) is 2.34. The monoisotopic (exact) mass is 401 g/mol. The highest BCUT2D eigenvalue weighted by Crippen LogP contribution is 2.31. The Morgan fingerprint density at radius 3 is 2.55 bits per heavy atom. The molecule has 1 amide bonds. The van der Waals surface area contributed by atoms with E-state index in [0.717, 1.165) is 31.6 Å². The molecule has 0 saturated carbocycles. The van der Waals surface area contributed by atoms with Crippen LogP contribution in [0.1, 0.15) is 34.6 Å². The van der Waals surface area contributed by atoms with Crippen LogP contribution in [0.2, 0.25) is 0 Å². The van der Waals surface area contributed by atoms with Crippen LogP contribution in [0, 0.1) is 24.0 Å². The minimum Gasteiger partial charge on any atom is -0.452 e. The zero-order valence-corrected chi connectivity index (χ0v) is 16.6. The van der Waals surface area contributed by atoms with Crippen LogP contribution in [0.5, 0.6) is 0 Å². The van der Waals surface area contributed by atoms with E-state index in [0.29, 0.717) is 17.1 Å². The maximum Gasteiger partial charge on any atom is 0.338 e. The van der Waals surface area contributed by atoms with Crippen LogP contribution in [0.15, 0.2) is 18.2 Å². The molecular formula is C19H23N5O5. The topological polar surface area (TPSA) is 120 Å². The fraction of sp³-hybridized carbons (Fsp3) is 0.421. The molecule has 1 aliphatic rings. The third kappa shape index (κ3) is 4.36. The third-order valence-electron chi connectivity index (χ3n) is 4.96. The van der Waals surface area contributed by atoms with Gasteiger partial charge in [-0.05, 0) is 38.8 Å². The standard InChI is InChI=1S/C19H23N5O5/c1-12-18(13(2)22(3)21-12)20-17(25)11-29-19(26)14-6-7-15(16(10-14)24(27)28)23-8-4-5-9-23/h6-7,10H,4-5,8-9,11H2,1-3H3,(H,20,25). The molecule has 1 aromatic heterocycles. The molecule has 1 N–H and O–H groups in total. The van der Waals surface area contributed by atoms with Gasteiger partial charge in [0.2, 0.25) is 0 Å². The highest BCUT2D eigenvalue weighted by molar-refractivity contribution is 5.96. The lowest BCUT2D eigenvalue weighted by atomic mass is 10.1. The summed E-state index contributed by atoms with van der Waals surface area (Å²) in [6.45, 7) is 4.56. The van der Waals surface area contributed by atoms with Crippen molar-refractivity contribution in [1.82, 2.24) is 9.78 Å². The summed E-state index contributed by atoms with van der Waals surface area (Å²) in [5, 5.41) is 18.3. The van der Waals surface area contributed by atoms with E-state index < -0.39 is 23.4 Å². The molecule has 0 aliphatic carbocycles. The summed E-state index contributed by atoms with van der Waals surface area (Å²) >= 11 is 0. The summed E-state index contributed by atoms with van der Waals surface area (Å²) in [5.74, 6) is -1.31. The van der Waals surface area contributed by atoms with Crippen molar-refractivity contribution < 1.29 is 19.2 Å². The van der Waals surface area contributed by atoms with E-state index in [-0.39, 0.29) is 11.3 Å². The Morgan fingerprint density at radius 2 is 1.97 bits per heavy atom. The average Bonchev–Trinajstić information content (AvgIpc) is 3.30. The number of nitrogens with one attached hydrogen (secondary N) is 1. The van der Waals surface area contributed by atoms with Crippen molar-refractivity contribution in [2.75, 3.05) is 29.9 Å². The smallest absolute Gasteiger partial charge is 0.338 e. The number of anilines is 2. The molecule has 29 heavy (non-hydrogen) atoms. The van der Waals surface area contributed by atoms with E-state index >= 15 is 0 Å². The number of ether oxygens (including phenoxy) is 1. The number of nitro benzene ring substituents is 1. The summed E-state index contributed by atoms with van der Waals surface area (Å²) in [6.07, 6.45) is 1.96. The number of benzene rings is 1. The van der Waals surface area contributed by atoms with Crippen molar-refractivity contribution in [3.63, 3.8) is 0 Å². The number of nitrogens with zero attached hydrogens (tertiary/aromatic N) is 4. The first-order chi connectivity index (χ1) is 13.8. The molecule has 0 atom stereocenters. The second-order valence-electron chi connectivity index (χ2n) is 6.95. The molecule has 2 heterocycles. The number of carbonyl (C=O) groups excluding carboxylic acids is 2. The molecule has 0 bridgehead atoms. The molecule has 10 nitrogen and oxygen atoms in total. The van der Waals surface area contributed by atoms with E-state index in [1.807, 2.05) is 11.8 Å². The summed E-state index contributed by atoms with van der Waals surface area (Å²) in [4.78, 5) is 37.3. The number of hydrogen-bond donors (Lipinski definition) is 1. The van der Waals surface area contributed by atoms with E-state index in [1.54, 1.807) is 24.7 Å². The second kappa shape index (κ2) is 8.29. The van der Waals surface area contributed by atoms with Gasteiger partial charge >= 0.3 is 5.97 Å². The Labute approximate surface area is 167 Å². The minimum absolute atomic E-state index is 0.0289. The van der Waals surface area contributed by atoms with Crippen molar-refractivity contribution >= 4 is 28.9 Å². The summed E-state index contributed by atoms with van der Waals surface area (Å²) in [5.41, 5.74) is 2.37. The Bertz CT molecular complexity index is 962. The van der Waals surface area contributed by atoms with Gasteiger partial charge in [-0.3, -0.25) is 19.6 Å². The molecule has 10 heteroatoms. The lowest BCUT2D eigenvalue weighted by Gasteiger charge is -2.17. The van der Waals surface area contributed by atoms with Crippen LogP contribution in [-0.2, 0) is 16.6 Å². The molecule has 154 valence electrons. The van der Waals surface area contributed by atoms with Crippen molar-refractivity contribution in [2.24, 2.45) is 7.05 Å². The van der Waals surface area contributed by atoms with Crippen molar-refractivity contribution in [3.8, 4) is 0 Å². The normalized spacial score (nSPS) is 13.4. The molecule has 1 aliphatic heterocycles. The van der Waals surface area contributed by atoms with Crippen molar-refractivity contribution in [3.05, 3.63) is 45.3 Å². The second-order valence-corrected chi connectivity index (χ2v) is 6.95. The van der Waals surface area contributed by atoms with Crippen LogP contribution in [0.4, 0.5) is 17.1 Å². The number of nitro groups is 1. The lowest BCUT2D eigenvalue weighted by Crippen LogP contribution is -2.22. The molecule has 0 radical (unpaired) electrons. The average molecular weight is 401 g/mol.